The first-order valence-corrected chi connectivity index (χ1v) is 8.29. The summed E-state index contributed by atoms with van der Waals surface area (Å²) in [4.78, 5) is 36.8. The average Bonchev–Trinajstić information content (AvgIpc) is 2.93. The van der Waals surface area contributed by atoms with Gasteiger partial charge in [-0.25, -0.2) is 0 Å². The second-order valence-corrected chi connectivity index (χ2v) is 6.24. The van der Waals surface area contributed by atoms with Crippen LogP contribution in [0, 0.1) is 6.92 Å². The van der Waals surface area contributed by atoms with E-state index in [1.54, 1.807) is 24.3 Å². The van der Waals surface area contributed by atoms with Gasteiger partial charge in [0.05, 0.1) is 6.54 Å². The summed E-state index contributed by atoms with van der Waals surface area (Å²) in [6.45, 7) is 2.76. The van der Waals surface area contributed by atoms with Gasteiger partial charge in [0.2, 0.25) is 11.8 Å². The summed E-state index contributed by atoms with van der Waals surface area (Å²) in [6.07, 6.45) is 0.580. The van der Waals surface area contributed by atoms with Crippen LogP contribution in [0.2, 0.25) is 0 Å². The van der Waals surface area contributed by atoms with Gasteiger partial charge in [0.1, 0.15) is 0 Å². The minimum absolute atomic E-state index is 0.134. The molecule has 1 N–H and O–H groups in total. The van der Waals surface area contributed by atoms with Crippen LogP contribution < -0.4 is 5.32 Å². The fraction of sp³-hybridized carbons (Fsp3) is 0.250. The van der Waals surface area contributed by atoms with Gasteiger partial charge >= 0.3 is 0 Å². The predicted molar refractivity (Wildman–Crippen MR) is 93.6 cm³/mol. The van der Waals surface area contributed by atoms with Crippen molar-refractivity contribution in [1.82, 2.24) is 10.2 Å². The lowest BCUT2D eigenvalue weighted by Crippen LogP contribution is -2.28. The third kappa shape index (κ3) is 4.12. The number of carbonyl (C=O) groups is 3. The molecule has 0 aliphatic carbocycles. The molecule has 1 aliphatic rings. The molecule has 5 heteroatoms. The largest absolute Gasteiger partial charge is 0.348 e. The van der Waals surface area contributed by atoms with Crippen molar-refractivity contribution >= 4 is 17.7 Å². The molecule has 2 aromatic rings. The van der Waals surface area contributed by atoms with Gasteiger partial charge in [0.15, 0.2) is 0 Å². The van der Waals surface area contributed by atoms with Gasteiger partial charge in [0, 0.05) is 24.9 Å². The van der Waals surface area contributed by atoms with E-state index >= 15 is 0 Å². The number of nitrogens with zero attached hydrogens (tertiary/aromatic N) is 1. The molecule has 128 valence electrons. The van der Waals surface area contributed by atoms with Gasteiger partial charge in [-0.05, 0) is 30.2 Å². The fourth-order valence-electron chi connectivity index (χ4n) is 2.73. The zero-order chi connectivity index (χ0) is 17.8. The quantitative estimate of drug-likeness (QED) is 0.854. The normalized spacial score (nSPS) is 14.0. The zero-order valence-electron chi connectivity index (χ0n) is 14.1. The molecule has 0 atom stereocenters. The molecule has 3 rings (SSSR count). The SMILES string of the molecule is Cc1ccc(CNC(=O)c2ccc(CN3C(=O)CCC3=O)cc2)cc1. The summed E-state index contributed by atoms with van der Waals surface area (Å²) in [5, 5.41) is 2.88. The van der Waals surface area contributed by atoms with E-state index in [9.17, 15) is 14.4 Å². The highest BCUT2D eigenvalue weighted by atomic mass is 16.2. The molecule has 3 amide bonds. The summed E-state index contributed by atoms with van der Waals surface area (Å²) < 4.78 is 0. The van der Waals surface area contributed by atoms with E-state index in [-0.39, 0.29) is 24.3 Å². The lowest BCUT2D eigenvalue weighted by atomic mass is 10.1. The number of hydrogen-bond donors (Lipinski definition) is 1. The van der Waals surface area contributed by atoms with E-state index < -0.39 is 0 Å². The Morgan fingerprint density at radius 2 is 1.48 bits per heavy atom. The Morgan fingerprint density at radius 3 is 2.08 bits per heavy atom. The summed E-state index contributed by atoms with van der Waals surface area (Å²) in [5.74, 6) is -0.421. The van der Waals surface area contributed by atoms with Crippen molar-refractivity contribution in [1.29, 1.82) is 0 Å². The van der Waals surface area contributed by atoms with E-state index in [0.29, 0.717) is 24.9 Å². The van der Waals surface area contributed by atoms with Crippen LogP contribution in [0.15, 0.2) is 48.5 Å². The third-order valence-corrected chi connectivity index (χ3v) is 4.29. The first-order valence-electron chi connectivity index (χ1n) is 8.29. The molecule has 2 aromatic carbocycles. The molecule has 5 nitrogen and oxygen atoms in total. The van der Waals surface area contributed by atoms with Crippen LogP contribution >= 0.6 is 0 Å². The molecule has 0 unspecified atom stereocenters. The maximum atomic E-state index is 12.2. The molecule has 0 radical (unpaired) electrons. The van der Waals surface area contributed by atoms with Crippen molar-refractivity contribution in [3.05, 3.63) is 70.8 Å². The van der Waals surface area contributed by atoms with Crippen molar-refractivity contribution in [2.24, 2.45) is 0 Å². The highest BCUT2D eigenvalue weighted by molar-refractivity contribution is 6.01. The molecule has 0 spiro atoms. The van der Waals surface area contributed by atoms with Crippen molar-refractivity contribution in [2.75, 3.05) is 0 Å². The van der Waals surface area contributed by atoms with Gasteiger partial charge in [-0.1, -0.05) is 42.0 Å². The molecule has 1 aliphatic heterocycles. The van der Waals surface area contributed by atoms with E-state index in [1.165, 1.54) is 10.5 Å². The van der Waals surface area contributed by atoms with Crippen LogP contribution in [-0.4, -0.2) is 22.6 Å². The standard InChI is InChI=1S/C20H20N2O3/c1-14-2-4-15(5-3-14)12-21-20(25)17-8-6-16(7-9-17)13-22-18(23)10-11-19(22)24/h2-9H,10-13H2,1H3,(H,21,25). The van der Waals surface area contributed by atoms with Crippen molar-refractivity contribution < 1.29 is 14.4 Å². The number of rotatable bonds is 5. The Morgan fingerprint density at radius 1 is 0.920 bits per heavy atom. The van der Waals surface area contributed by atoms with Crippen LogP contribution in [0.1, 0.15) is 39.9 Å². The minimum Gasteiger partial charge on any atom is -0.348 e. The van der Waals surface area contributed by atoms with Crippen LogP contribution in [0.5, 0.6) is 0 Å². The van der Waals surface area contributed by atoms with Gasteiger partial charge in [-0.3, -0.25) is 19.3 Å². The second kappa shape index (κ2) is 7.30. The van der Waals surface area contributed by atoms with E-state index in [2.05, 4.69) is 5.32 Å². The highest BCUT2D eigenvalue weighted by Crippen LogP contribution is 2.16. The Kier molecular flexibility index (Phi) is 4.93. The fourth-order valence-corrected chi connectivity index (χ4v) is 2.73. The summed E-state index contributed by atoms with van der Waals surface area (Å²) in [5.41, 5.74) is 3.61. The highest BCUT2D eigenvalue weighted by Gasteiger charge is 2.28. The number of nitrogens with one attached hydrogen (secondary N) is 1. The second-order valence-electron chi connectivity index (χ2n) is 6.24. The number of likely N-dealkylation sites (tertiary alicyclic amines) is 1. The Labute approximate surface area is 146 Å². The summed E-state index contributed by atoms with van der Waals surface area (Å²) >= 11 is 0. The van der Waals surface area contributed by atoms with Gasteiger partial charge in [-0.15, -0.1) is 0 Å². The number of hydrogen-bond acceptors (Lipinski definition) is 3. The van der Waals surface area contributed by atoms with Crippen LogP contribution in [0.4, 0.5) is 0 Å². The molecule has 0 aromatic heterocycles. The zero-order valence-corrected chi connectivity index (χ0v) is 14.1. The molecular weight excluding hydrogens is 316 g/mol. The maximum Gasteiger partial charge on any atom is 0.251 e. The molecule has 1 fully saturated rings. The first kappa shape index (κ1) is 16.9. The molecule has 0 saturated carbocycles. The van der Waals surface area contributed by atoms with E-state index in [4.69, 9.17) is 0 Å². The maximum absolute atomic E-state index is 12.2. The topological polar surface area (TPSA) is 66.5 Å². The predicted octanol–water partition coefficient (Wildman–Crippen LogP) is 2.57. The third-order valence-electron chi connectivity index (χ3n) is 4.29. The van der Waals surface area contributed by atoms with Crippen LogP contribution in [0.3, 0.4) is 0 Å². The van der Waals surface area contributed by atoms with Crippen LogP contribution in [0.25, 0.3) is 0 Å². The van der Waals surface area contributed by atoms with Gasteiger partial charge < -0.3 is 5.32 Å². The summed E-state index contributed by atoms with van der Waals surface area (Å²) in [7, 11) is 0. The Hall–Kier alpha value is -2.95. The van der Waals surface area contributed by atoms with Crippen molar-refractivity contribution in [2.45, 2.75) is 32.9 Å². The number of aryl methyl sites for hydroxylation is 1. The minimum atomic E-state index is -0.152. The number of imide groups is 1. The Balaban J connectivity index is 1.57. The Bertz CT molecular complexity index is 779. The van der Waals surface area contributed by atoms with Crippen molar-refractivity contribution in [3.63, 3.8) is 0 Å². The lowest BCUT2D eigenvalue weighted by Gasteiger charge is -2.14. The monoisotopic (exact) mass is 336 g/mol. The molecular formula is C20H20N2O3. The smallest absolute Gasteiger partial charge is 0.251 e. The average molecular weight is 336 g/mol. The van der Waals surface area contributed by atoms with Crippen LogP contribution in [-0.2, 0) is 22.7 Å². The number of benzene rings is 2. The van der Waals surface area contributed by atoms with Gasteiger partial charge in [0.25, 0.3) is 5.91 Å². The lowest BCUT2D eigenvalue weighted by molar-refractivity contribution is -0.139. The van der Waals surface area contributed by atoms with Crippen molar-refractivity contribution in [3.8, 4) is 0 Å². The number of carbonyl (C=O) groups excluding carboxylic acids is 3. The molecule has 1 saturated heterocycles. The summed E-state index contributed by atoms with van der Waals surface area (Å²) in [6, 6.07) is 15.0. The van der Waals surface area contributed by atoms with Gasteiger partial charge in [-0.2, -0.15) is 0 Å². The molecule has 25 heavy (non-hydrogen) atoms. The first-order chi connectivity index (χ1) is 12.0. The number of amides is 3. The molecule has 0 bridgehead atoms. The van der Waals surface area contributed by atoms with E-state index in [0.717, 1.165) is 11.1 Å². The molecule has 1 heterocycles. The van der Waals surface area contributed by atoms with E-state index in [1.807, 2.05) is 31.2 Å².